The lowest BCUT2D eigenvalue weighted by Gasteiger charge is -2.40. The van der Waals surface area contributed by atoms with Gasteiger partial charge in [0.05, 0.1) is 12.6 Å². The van der Waals surface area contributed by atoms with E-state index < -0.39 is 35.1 Å². The second-order valence-electron chi connectivity index (χ2n) is 9.71. The van der Waals surface area contributed by atoms with Crippen LogP contribution in [0.4, 0.5) is 8.78 Å². The number of hydrogen-bond donors (Lipinski definition) is 2. The first-order valence-electron chi connectivity index (χ1n) is 11.6. The quantitative estimate of drug-likeness (QED) is 0.479. The zero-order valence-electron chi connectivity index (χ0n) is 20.6. The third-order valence-corrected chi connectivity index (χ3v) is 5.62. The molecule has 9 heteroatoms. The summed E-state index contributed by atoms with van der Waals surface area (Å²) >= 11 is 0. The monoisotopic (exact) mass is 485 g/mol. The molecule has 3 N–H and O–H groups in total. The zero-order valence-corrected chi connectivity index (χ0v) is 20.6. The number of nitrogens with zero attached hydrogens (tertiary/aromatic N) is 4. The van der Waals surface area contributed by atoms with Gasteiger partial charge in [-0.25, -0.2) is 18.4 Å². The van der Waals surface area contributed by atoms with Gasteiger partial charge in [-0.05, 0) is 43.0 Å². The lowest BCUT2D eigenvalue weighted by molar-refractivity contribution is -0.145. The summed E-state index contributed by atoms with van der Waals surface area (Å²) in [6.07, 6.45) is -0.695. The van der Waals surface area contributed by atoms with Crippen LogP contribution in [0.25, 0.3) is 11.4 Å². The summed E-state index contributed by atoms with van der Waals surface area (Å²) in [4.78, 5) is 19.4. The number of benzene rings is 2. The second-order valence-corrected chi connectivity index (χ2v) is 9.71. The van der Waals surface area contributed by atoms with E-state index in [0.29, 0.717) is 31.9 Å². The molecule has 35 heavy (non-hydrogen) atoms. The molecule has 188 valence electrons. The zero-order chi connectivity index (χ0) is 25.8. The fourth-order valence-electron chi connectivity index (χ4n) is 4.10. The SMILES string of the molecule is C[C@H](O)C(=O)N(CCCN)[C@@H](c1nc(-c2cc(F)cc(F)c2)nn1Cc1ccccc1)C(C)(C)C. The van der Waals surface area contributed by atoms with E-state index >= 15 is 0 Å². The molecule has 0 saturated heterocycles. The van der Waals surface area contributed by atoms with Crippen LogP contribution in [-0.2, 0) is 11.3 Å². The van der Waals surface area contributed by atoms with Gasteiger partial charge in [-0.15, -0.1) is 0 Å². The number of hydrogen-bond acceptors (Lipinski definition) is 5. The van der Waals surface area contributed by atoms with Crippen LogP contribution in [-0.4, -0.2) is 49.9 Å². The molecule has 3 aromatic rings. The highest BCUT2D eigenvalue weighted by atomic mass is 19.1. The van der Waals surface area contributed by atoms with Gasteiger partial charge in [0.1, 0.15) is 17.7 Å². The van der Waals surface area contributed by atoms with Crippen LogP contribution in [0.5, 0.6) is 0 Å². The van der Waals surface area contributed by atoms with Crippen LogP contribution in [0, 0.1) is 17.0 Å². The number of amides is 1. The molecular formula is C26H33F2N5O2. The van der Waals surface area contributed by atoms with E-state index in [0.717, 1.165) is 11.6 Å². The van der Waals surface area contributed by atoms with Gasteiger partial charge in [0.2, 0.25) is 0 Å². The number of carbonyl (C=O) groups is 1. The van der Waals surface area contributed by atoms with Crippen molar-refractivity contribution in [2.24, 2.45) is 11.1 Å². The molecular weight excluding hydrogens is 452 g/mol. The van der Waals surface area contributed by atoms with Crippen LogP contribution in [0.3, 0.4) is 0 Å². The third-order valence-electron chi connectivity index (χ3n) is 5.62. The van der Waals surface area contributed by atoms with Gasteiger partial charge >= 0.3 is 0 Å². The largest absolute Gasteiger partial charge is 0.384 e. The summed E-state index contributed by atoms with van der Waals surface area (Å²) in [5, 5.41) is 14.8. The van der Waals surface area contributed by atoms with E-state index in [4.69, 9.17) is 10.7 Å². The van der Waals surface area contributed by atoms with Gasteiger partial charge < -0.3 is 15.7 Å². The Hall–Kier alpha value is -3.17. The van der Waals surface area contributed by atoms with Gasteiger partial charge in [-0.1, -0.05) is 51.1 Å². The average Bonchev–Trinajstić information content (AvgIpc) is 3.18. The molecule has 0 unspecified atom stereocenters. The smallest absolute Gasteiger partial charge is 0.251 e. The first-order chi connectivity index (χ1) is 16.5. The predicted octanol–water partition coefficient (Wildman–Crippen LogP) is 3.92. The van der Waals surface area contributed by atoms with Crippen LogP contribution in [0.15, 0.2) is 48.5 Å². The number of halogens is 2. The molecule has 0 aliphatic rings. The first kappa shape index (κ1) is 26.4. The van der Waals surface area contributed by atoms with Crippen LogP contribution < -0.4 is 5.73 Å². The van der Waals surface area contributed by atoms with Crippen molar-refractivity contribution in [3.05, 3.63) is 71.6 Å². The maximum Gasteiger partial charge on any atom is 0.251 e. The van der Waals surface area contributed by atoms with E-state index in [-0.39, 0.29) is 11.4 Å². The Balaban J connectivity index is 2.21. The van der Waals surface area contributed by atoms with Crippen molar-refractivity contribution in [1.29, 1.82) is 0 Å². The van der Waals surface area contributed by atoms with Gasteiger partial charge in [0, 0.05) is 18.2 Å². The van der Waals surface area contributed by atoms with E-state index in [1.54, 1.807) is 9.58 Å². The molecule has 3 rings (SSSR count). The maximum atomic E-state index is 14.0. The van der Waals surface area contributed by atoms with Gasteiger partial charge in [-0.3, -0.25) is 4.79 Å². The normalized spacial score (nSPS) is 13.5. The first-order valence-corrected chi connectivity index (χ1v) is 11.6. The summed E-state index contributed by atoms with van der Waals surface area (Å²) in [5.41, 5.74) is 6.35. The molecule has 2 aromatic carbocycles. The van der Waals surface area contributed by atoms with E-state index in [1.807, 2.05) is 51.1 Å². The second kappa shape index (κ2) is 11.0. The van der Waals surface area contributed by atoms with Crippen LogP contribution >= 0.6 is 0 Å². The minimum absolute atomic E-state index is 0.145. The van der Waals surface area contributed by atoms with E-state index in [9.17, 15) is 18.7 Å². The molecule has 0 saturated carbocycles. The molecule has 1 heterocycles. The van der Waals surface area contributed by atoms with Crippen LogP contribution in [0.2, 0.25) is 0 Å². The number of nitrogens with two attached hydrogens (primary N) is 1. The topological polar surface area (TPSA) is 97.3 Å². The summed E-state index contributed by atoms with van der Waals surface area (Å²) in [5.74, 6) is -1.32. The molecule has 0 aliphatic carbocycles. The highest BCUT2D eigenvalue weighted by molar-refractivity contribution is 5.80. The molecule has 0 fully saturated rings. The Labute approximate surface area is 204 Å². The summed E-state index contributed by atoms with van der Waals surface area (Å²) < 4.78 is 29.6. The highest BCUT2D eigenvalue weighted by Crippen LogP contribution is 2.39. The van der Waals surface area contributed by atoms with E-state index in [2.05, 4.69) is 5.10 Å². The van der Waals surface area contributed by atoms with Crippen molar-refractivity contribution in [2.45, 2.75) is 52.8 Å². The number of aromatic nitrogens is 3. The van der Waals surface area contributed by atoms with Crippen molar-refractivity contribution < 1.29 is 18.7 Å². The van der Waals surface area contributed by atoms with Crippen molar-refractivity contribution in [2.75, 3.05) is 13.1 Å². The van der Waals surface area contributed by atoms with Gasteiger partial charge in [0.25, 0.3) is 5.91 Å². The Morgan fingerprint density at radius 2 is 1.77 bits per heavy atom. The molecule has 0 bridgehead atoms. The summed E-state index contributed by atoms with van der Waals surface area (Å²) in [6.45, 7) is 8.33. The number of aliphatic hydroxyl groups is 1. The lowest BCUT2D eigenvalue weighted by atomic mass is 9.84. The molecule has 2 atom stereocenters. The Bertz CT molecular complexity index is 1120. The molecule has 0 spiro atoms. The summed E-state index contributed by atoms with van der Waals surface area (Å²) in [7, 11) is 0. The predicted molar refractivity (Wildman–Crippen MR) is 130 cm³/mol. The Kier molecular flexibility index (Phi) is 8.34. The van der Waals surface area contributed by atoms with Gasteiger partial charge in [0.15, 0.2) is 11.6 Å². The van der Waals surface area contributed by atoms with Crippen LogP contribution in [0.1, 0.15) is 51.5 Å². The van der Waals surface area contributed by atoms with E-state index in [1.165, 1.54) is 19.1 Å². The van der Waals surface area contributed by atoms with Crippen molar-refractivity contribution in [3.63, 3.8) is 0 Å². The van der Waals surface area contributed by atoms with Gasteiger partial charge in [-0.2, -0.15) is 5.10 Å². The lowest BCUT2D eigenvalue weighted by Crippen LogP contribution is -2.47. The molecule has 1 amide bonds. The maximum absolute atomic E-state index is 14.0. The molecule has 1 aromatic heterocycles. The number of rotatable bonds is 9. The Morgan fingerprint density at radius 1 is 1.14 bits per heavy atom. The highest BCUT2D eigenvalue weighted by Gasteiger charge is 2.39. The average molecular weight is 486 g/mol. The fourth-order valence-corrected chi connectivity index (χ4v) is 4.10. The standard InChI is InChI=1S/C26H33F2N5O2/c1-17(34)25(35)32(12-8-11-29)22(26(2,3)4)24-30-23(19-13-20(27)15-21(28)14-19)31-33(24)16-18-9-6-5-7-10-18/h5-7,9-10,13-15,17,22,34H,8,11-12,16,29H2,1-4H3/t17-,22-/m0/s1. The molecule has 0 aliphatic heterocycles. The third kappa shape index (κ3) is 6.49. The molecule has 0 radical (unpaired) electrons. The Morgan fingerprint density at radius 3 is 2.31 bits per heavy atom. The minimum Gasteiger partial charge on any atom is -0.384 e. The fraction of sp³-hybridized carbons (Fsp3) is 0.423. The summed E-state index contributed by atoms with van der Waals surface area (Å²) in [6, 6.07) is 12.1. The number of aliphatic hydroxyl groups excluding tert-OH is 1. The molecule has 7 nitrogen and oxygen atoms in total. The minimum atomic E-state index is -1.22. The van der Waals surface area contributed by atoms with Crippen molar-refractivity contribution >= 4 is 5.91 Å². The van der Waals surface area contributed by atoms with Crippen molar-refractivity contribution in [3.8, 4) is 11.4 Å². The number of carbonyl (C=O) groups excluding carboxylic acids is 1. The van der Waals surface area contributed by atoms with Crippen molar-refractivity contribution in [1.82, 2.24) is 19.7 Å².